The molecule has 0 fully saturated rings. The molecular weight excluding hydrogens is 312 g/mol. The summed E-state index contributed by atoms with van der Waals surface area (Å²) in [5.74, 6) is 0. The highest BCUT2D eigenvalue weighted by molar-refractivity contribution is 7.93. The zero-order valence-electron chi connectivity index (χ0n) is 11.0. The number of hydrogen-bond acceptors (Lipinski definition) is 6. The van der Waals surface area contributed by atoms with Crippen molar-refractivity contribution in [3.63, 3.8) is 0 Å². The summed E-state index contributed by atoms with van der Waals surface area (Å²) in [6, 6.07) is 11.1. The molecule has 1 aliphatic heterocycles. The first-order valence-corrected chi connectivity index (χ1v) is 7.59. The molecule has 1 unspecified atom stereocenters. The van der Waals surface area contributed by atoms with Gasteiger partial charge in [-0.2, -0.15) is 0 Å². The first kappa shape index (κ1) is 14.4. The topological polar surface area (TPSA) is 110 Å². The van der Waals surface area contributed by atoms with E-state index in [0.29, 0.717) is 5.56 Å². The highest BCUT2D eigenvalue weighted by atomic mass is 32.2. The van der Waals surface area contributed by atoms with E-state index in [0.717, 1.165) is 4.31 Å². The summed E-state index contributed by atoms with van der Waals surface area (Å²) < 4.78 is 26.0. The molecule has 0 bridgehead atoms. The Morgan fingerprint density at radius 3 is 2.36 bits per heavy atom. The molecule has 1 N–H and O–H groups in total. The van der Waals surface area contributed by atoms with Gasteiger partial charge in [-0.3, -0.25) is 10.1 Å². The number of anilines is 1. The highest BCUT2D eigenvalue weighted by Gasteiger charge is 2.44. The van der Waals surface area contributed by atoms with Crippen LogP contribution in [0, 0.1) is 10.1 Å². The summed E-state index contributed by atoms with van der Waals surface area (Å²) in [7, 11) is -3.92. The molecule has 114 valence electrons. The van der Waals surface area contributed by atoms with Crippen LogP contribution in [0.25, 0.3) is 0 Å². The molecule has 0 saturated heterocycles. The second-order valence-corrected chi connectivity index (χ2v) is 6.35. The SMILES string of the molecule is O=[N+]([O-])c1ccc(N2C(OO)c3ccccc3S2(=O)=O)cc1. The van der Waals surface area contributed by atoms with Crippen LogP contribution >= 0.6 is 0 Å². The van der Waals surface area contributed by atoms with Crippen LogP contribution in [-0.2, 0) is 14.9 Å². The molecule has 0 aromatic heterocycles. The molecule has 0 spiro atoms. The van der Waals surface area contributed by atoms with Crippen molar-refractivity contribution in [1.82, 2.24) is 0 Å². The molecule has 0 radical (unpaired) electrons. The lowest BCUT2D eigenvalue weighted by Gasteiger charge is -2.22. The molecule has 2 aromatic rings. The normalized spacial score (nSPS) is 19.0. The molecular formula is C13H10N2O6S. The first-order chi connectivity index (χ1) is 10.5. The number of nitrogens with zero attached hydrogens (tertiary/aromatic N) is 2. The van der Waals surface area contributed by atoms with Gasteiger partial charge in [0.1, 0.15) is 0 Å². The summed E-state index contributed by atoms with van der Waals surface area (Å²) in [5.41, 5.74) is 0.281. The van der Waals surface area contributed by atoms with Crippen molar-refractivity contribution in [2.75, 3.05) is 4.31 Å². The molecule has 0 aliphatic carbocycles. The third-order valence-corrected chi connectivity index (χ3v) is 5.20. The van der Waals surface area contributed by atoms with E-state index in [4.69, 9.17) is 5.26 Å². The third kappa shape index (κ3) is 2.03. The fourth-order valence-corrected chi connectivity index (χ4v) is 4.11. The zero-order valence-corrected chi connectivity index (χ0v) is 11.8. The maximum atomic E-state index is 12.6. The van der Waals surface area contributed by atoms with Crippen molar-refractivity contribution >= 4 is 21.4 Å². The minimum atomic E-state index is -3.92. The van der Waals surface area contributed by atoms with Crippen LogP contribution in [0.3, 0.4) is 0 Å². The van der Waals surface area contributed by atoms with Gasteiger partial charge in [-0.05, 0) is 18.2 Å². The van der Waals surface area contributed by atoms with E-state index >= 15 is 0 Å². The van der Waals surface area contributed by atoms with Crippen LogP contribution in [0.2, 0.25) is 0 Å². The van der Waals surface area contributed by atoms with Gasteiger partial charge < -0.3 is 0 Å². The number of fused-ring (bicyclic) bond motifs is 1. The number of nitro groups is 1. The summed E-state index contributed by atoms with van der Waals surface area (Å²) >= 11 is 0. The predicted octanol–water partition coefficient (Wildman–Crippen LogP) is 2.29. The van der Waals surface area contributed by atoms with Crippen molar-refractivity contribution < 1.29 is 23.5 Å². The Hall–Kier alpha value is -2.49. The molecule has 0 amide bonds. The average molecular weight is 322 g/mol. The lowest BCUT2D eigenvalue weighted by Crippen LogP contribution is -2.29. The van der Waals surface area contributed by atoms with E-state index in [1.54, 1.807) is 12.1 Å². The summed E-state index contributed by atoms with van der Waals surface area (Å²) in [6.07, 6.45) is -1.23. The van der Waals surface area contributed by atoms with Gasteiger partial charge in [0, 0.05) is 17.7 Å². The number of nitro benzene ring substituents is 1. The molecule has 9 heteroatoms. The van der Waals surface area contributed by atoms with Crippen molar-refractivity contribution in [2.24, 2.45) is 0 Å². The van der Waals surface area contributed by atoms with Crippen molar-refractivity contribution in [1.29, 1.82) is 0 Å². The smallest absolute Gasteiger partial charge is 0.258 e. The molecule has 8 nitrogen and oxygen atoms in total. The van der Waals surface area contributed by atoms with E-state index in [-0.39, 0.29) is 16.3 Å². The predicted molar refractivity (Wildman–Crippen MR) is 75.7 cm³/mol. The van der Waals surface area contributed by atoms with Gasteiger partial charge >= 0.3 is 0 Å². The molecule has 22 heavy (non-hydrogen) atoms. The lowest BCUT2D eigenvalue weighted by atomic mass is 10.2. The quantitative estimate of drug-likeness (QED) is 0.527. The van der Waals surface area contributed by atoms with Gasteiger partial charge in [-0.15, -0.1) is 0 Å². The van der Waals surface area contributed by atoms with Crippen molar-refractivity contribution in [3.05, 3.63) is 64.2 Å². The van der Waals surface area contributed by atoms with E-state index in [1.807, 2.05) is 0 Å². The van der Waals surface area contributed by atoms with E-state index in [2.05, 4.69) is 4.89 Å². The Bertz CT molecular complexity index is 834. The number of sulfonamides is 1. The average Bonchev–Trinajstić information content (AvgIpc) is 2.75. The Morgan fingerprint density at radius 2 is 1.77 bits per heavy atom. The summed E-state index contributed by atoms with van der Waals surface area (Å²) in [4.78, 5) is 14.4. The van der Waals surface area contributed by atoms with Gasteiger partial charge in [0.05, 0.1) is 15.5 Å². The maximum Gasteiger partial charge on any atom is 0.269 e. The van der Waals surface area contributed by atoms with Crippen LogP contribution in [0.15, 0.2) is 53.4 Å². The Balaban J connectivity index is 2.13. The van der Waals surface area contributed by atoms with Gasteiger partial charge in [0.15, 0.2) is 0 Å². The largest absolute Gasteiger partial charge is 0.269 e. The third-order valence-electron chi connectivity index (χ3n) is 3.35. The van der Waals surface area contributed by atoms with Crippen LogP contribution < -0.4 is 4.31 Å². The second-order valence-electron chi connectivity index (χ2n) is 4.57. The van der Waals surface area contributed by atoms with E-state index in [9.17, 15) is 18.5 Å². The van der Waals surface area contributed by atoms with Crippen LogP contribution in [-0.4, -0.2) is 18.6 Å². The number of rotatable bonds is 3. The number of non-ortho nitro benzene ring substituents is 1. The molecule has 1 heterocycles. The zero-order chi connectivity index (χ0) is 15.9. The first-order valence-electron chi connectivity index (χ1n) is 6.15. The van der Waals surface area contributed by atoms with Gasteiger partial charge in [0.25, 0.3) is 15.7 Å². The minimum absolute atomic E-state index is 0.0207. The number of benzene rings is 2. The summed E-state index contributed by atoms with van der Waals surface area (Å²) in [5, 5.41) is 19.8. The number of hydrogen-bond donors (Lipinski definition) is 1. The Kier molecular flexibility index (Phi) is 3.32. The molecule has 1 atom stereocenters. The Labute approximate surface area is 125 Å². The monoisotopic (exact) mass is 322 g/mol. The molecule has 1 aliphatic rings. The van der Waals surface area contributed by atoms with Crippen molar-refractivity contribution in [3.8, 4) is 0 Å². The molecule has 3 rings (SSSR count). The fourth-order valence-electron chi connectivity index (χ4n) is 2.37. The van der Waals surface area contributed by atoms with Gasteiger partial charge in [-0.25, -0.2) is 22.9 Å². The Morgan fingerprint density at radius 1 is 1.14 bits per heavy atom. The van der Waals surface area contributed by atoms with Crippen LogP contribution in [0.1, 0.15) is 11.8 Å². The standard InChI is InChI=1S/C13H10N2O6S/c16-15(17)10-7-5-9(6-8-10)14-13(21-18)11-3-1-2-4-12(11)22(14,19)20/h1-8,13,18H. The summed E-state index contributed by atoms with van der Waals surface area (Å²) in [6.45, 7) is 0. The fraction of sp³-hybridized carbons (Fsp3) is 0.0769. The van der Waals surface area contributed by atoms with Gasteiger partial charge in [0.2, 0.25) is 6.23 Å². The minimum Gasteiger partial charge on any atom is -0.258 e. The van der Waals surface area contributed by atoms with Gasteiger partial charge in [-0.1, -0.05) is 18.2 Å². The second kappa shape index (κ2) is 5.05. The van der Waals surface area contributed by atoms with Crippen molar-refractivity contribution in [2.45, 2.75) is 11.1 Å². The lowest BCUT2D eigenvalue weighted by molar-refractivity contribution is -0.384. The van der Waals surface area contributed by atoms with Crippen LogP contribution in [0.5, 0.6) is 0 Å². The highest BCUT2D eigenvalue weighted by Crippen LogP contribution is 2.42. The van der Waals surface area contributed by atoms with E-state index in [1.165, 1.54) is 36.4 Å². The molecule has 0 saturated carbocycles. The van der Waals surface area contributed by atoms with Crippen LogP contribution in [0.4, 0.5) is 11.4 Å². The molecule has 2 aromatic carbocycles. The maximum absolute atomic E-state index is 12.6. The van der Waals surface area contributed by atoms with E-state index < -0.39 is 21.2 Å².